The molecule has 24 heavy (non-hydrogen) atoms. The van der Waals surface area contributed by atoms with Crippen molar-refractivity contribution >= 4 is 16.8 Å². The van der Waals surface area contributed by atoms with Gasteiger partial charge in [-0.1, -0.05) is 19.9 Å². The van der Waals surface area contributed by atoms with E-state index in [0.29, 0.717) is 17.0 Å². The zero-order chi connectivity index (χ0) is 17.1. The Hall–Kier alpha value is -2.95. The minimum absolute atomic E-state index is 0.172. The number of nitrogens with one attached hydrogen (secondary N) is 2. The van der Waals surface area contributed by atoms with Crippen LogP contribution in [0.25, 0.3) is 10.9 Å². The third kappa shape index (κ3) is 3.35. The molecule has 0 aliphatic rings. The van der Waals surface area contributed by atoms with Crippen LogP contribution in [0.4, 0.5) is 0 Å². The third-order valence-electron chi connectivity index (χ3n) is 3.97. The first kappa shape index (κ1) is 15.9. The molecule has 1 aromatic carbocycles. The second kappa shape index (κ2) is 6.66. The molecule has 5 heteroatoms. The topological polar surface area (TPSA) is 74.8 Å². The molecule has 0 saturated heterocycles. The van der Waals surface area contributed by atoms with Gasteiger partial charge in [0.2, 0.25) is 0 Å². The molecule has 1 amide bonds. The van der Waals surface area contributed by atoms with E-state index in [1.54, 1.807) is 18.3 Å². The number of H-pyrrole nitrogens is 1. The van der Waals surface area contributed by atoms with Gasteiger partial charge in [-0.15, -0.1) is 0 Å². The first-order valence-corrected chi connectivity index (χ1v) is 7.88. The lowest BCUT2D eigenvalue weighted by Gasteiger charge is -2.09. The van der Waals surface area contributed by atoms with Crippen LogP contribution < -0.4 is 10.9 Å². The second-order valence-corrected chi connectivity index (χ2v) is 6.05. The number of hydrogen-bond donors (Lipinski definition) is 2. The summed E-state index contributed by atoms with van der Waals surface area (Å²) in [4.78, 5) is 31.0. The minimum atomic E-state index is -0.251. The van der Waals surface area contributed by atoms with Crippen LogP contribution in [0.2, 0.25) is 0 Å². The maximum absolute atomic E-state index is 12.2. The van der Waals surface area contributed by atoms with E-state index >= 15 is 0 Å². The van der Waals surface area contributed by atoms with Crippen LogP contribution in [0.5, 0.6) is 0 Å². The Morgan fingerprint density at radius 1 is 1.25 bits per heavy atom. The number of benzene rings is 1. The maximum Gasteiger partial charge on any atom is 0.253 e. The molecule has 0 spiro atoms. The molecule has 0 aliphatic carbocycles. The monoisotopic (exact) mass is 321 g/mol. The summed E-state index contributed by atoms with van der Waals surface area (Å²) in [5, 5.41) is 3.72. The van der Waals surface area contributed by atoms with Crippen molar-refractivity contribution in [3.63, 3.8) is 0 Å². The van der Waals surface area contributed by atoms with Crippen molar-refractivity contribution in [1.82, 2.24) is 15.3 Å². The highest BCUT2D eigenvalue weighted by molar-refractivity contribution is 5.93. The fourth-order valence-electron chi connectivity index (χ4n) is 2.54. The van der Waals surface area contributed by atoms with Gasteiger partial charge in [0.1, 0.15) is 0 Å². The van der Waals surface area contributed by atoms with Crippen LogP contribution >= 0.6 is 0 Å². The summed E-state index contributed by atoms with van der Waals surface area (Å²) in [5.74, 6) is 0.161. The van der Waals surface area contributed by atoms with Gasteiger partial charge < -0.3 is 10.3 Å². The third-order valence-corrected chi connectivity index (χ3v) is 3.97. The Balaban J connectivity index is 1.85. The van der Waals surface area contributed by atoms with Crippen LogP contribution in [-0.4, -0.2) is 15.9 Å². The molecule has 3 rings (SSSR count). The van der Waals surface area contributed by atoms with E-state index in [0.717, 1.165) is 10.9 Å². The predicted molar refractivity (Wildman–Crippen MR) is 94.1 cm³/mol. The summed E-state index contributed by atoms with van der Waals surface area (Å²) in [7, 11) is 0. The number of carbonyl (C=O) groups is 1. The van der Waals surface area contributed by atoms with Crippen molar-refractivity contribution < 1.29 is 4.79 Å². The number of rotatable bonds is 4. The van der Waals surface area contributed by atoms with E-state index in [1.807, 2.05) is 18.2 Å². The molecule has 0 saturated carbocycles. The first-order chi connectivity index (χ1) is 11.5. The Morgan fingerprint density at radius 2 is 2.08 bits per heavy atom. The fraction of sp³-hybridized carbons (Fsp3) is 0.211. The molecule has 2 heterocycles. The summed E-state index contributed by atoms with van der Waals surface area (Å²) >= 11 is 0. The van der Waals surface area contributed by atoms with Gasteiger partial charge in [0, 0.05) is 30.0 Å². The van der Waals surface area contributed by atoms with Crippen molar-refractivity contribution in [2.24, 2.45) is 0 Å². The summed E-state index contributed by atoms with van der Waals surface area (Å²) in [6, 6.07) is 11.2. The molecule has 5 nitrogen and oxygen atoms in total. The highest BCUT2D eigenvalue weighted by atomic mass is 16.1. The summed E-state index contributed by atoms with van der Waals surface area (Å²) in [5.41, 5.74) is 2.82. The Kier molecular flexibility index (Phi) is 4.42. The summed E-state index contributed by atoms with van der Waals surface area (Å²) < 4.78 is 0. The van der Waals surface area contributed by atoms with Crippen molar-refractivity contribution in [3.05, 3.63) is 75.8 Å². The van der Waals surface area contributed by atoms with E-state index in [4.69, 9.17) is 0 Å². The van der Waals surface area contributed by atoms with Gasteiger partial charge in [-0.2, -0.15) is 0 Å². The SMILES string of the molecule is CC(C)c1ccc2[nH]c(=O)c(CNC(=O)c3cccnc3)cc2c1. The van der Waals surface area contributed by atoms with Gasteiger partial charge in [0.05, 0.1) is 5.56 Å². The summed E-state index contributed by atoms with van der Waals surface area (Å²) in [6.07, 6.45) is 3.10. The standard InChI is InChI=1S/C19H19N3O2/c1-12(2)13-5-6-17-15(8-13)9-16(19(24)22-17)11-21-18(23)14-4-3-7-20-10-14/h3-10,12H,11H2,1-2H3,(H,21,23)(H,22,24). The highest BCUT2D eigenvalue weighted by Crippen LogP contribution is 2.19. The molecule has 0 bridgehead atoms. The number of fused-ring (bicyclic) bond motifs is 1. The molecule has 2 aromatic heterocycles. The van der Waals surface area contributed by atoms with Crippen LogP contribution in [0, 0.1) is 0 Å². The Morgan fingerprint density at radius 3 is 2.79 bits per heavy atom. The fourth-order valence-corrected chi connectivity index (χ4v) is 2.54. The first-order valence-electron chi connectivity index (χ1n) is 7.88. The zero-order valence-corrected chi connectivity index (χ0v) is 13.7. The van der Waals surface area contributed by atoms with Crippen LogP contribution in [0.3, 0.4) is 0 Å². The minimum Gasteiger partial charge on any atom is -0.348 e. The van der Waals surface area contributed by atoms with Crippen LogP contribution in [-0.2, 0) is 6.54 Å². The number of pyridine rings is 2. The summed E-state index contributed by atoms with van der Waals surface area (Å²) in [6.45, 7) is 4.43. The zero-order valence-electron chi connectivity index (χ0n) is 13.7. The normalized spacial score (nSPS) is 11.0. The maximum atomic E-state index is 12.2. The lowest BCUT2D eigenvalue weighted by molar-refractivity contribution is 0.0950. The molecular weight excluding hydrogens is 302 g/mol. The molecule has 0 radical (unpaired) electrons. The Labute approximate surface area is 139 Å². The second-order valence-electron chi connectivity index (χ2n) is 6.05. The van der Waals surface area contributed by atoms with Gasteiger partial charge in [-0.25, -0.2) is 0 Å². The quantitative estimate of drug-likeness (QED) is 0.776. The molecule has 0 fully saturated rings. The molecule has 3 aromatic rings. The van der Waals surface area contributed by atoms with Gasteiger partial charge >= 0.3 is 0 Å². The van der Waals surface area contributed by atoms with E-state index in [2.05, 4.69) is 35.2 Å². The number of aromatic amines is 1. The average Bonchev–Trinajstić information content (AvgIpc) is 2.60. The van der Waals surface area contributed by atoms with E-state index in [9.17, 15) is 9.59 Å². The molecule has 122 valence electrons. The number of hydrogen-bond acceptors (Lipinski definition) is 3. The smallest absolute Gasteiger partial charge is 0.253 e. The molecular formula is C19H19N3O2. The highest BCUT2D eigenvalue weighted by Gasteiger charge is 2.09. The molecule has 0 unspecified atom stereocenters. The van der Waals surface area contributed by atoms with Crippen molar-refractivity contribution in [2.45, 2.75) is 26.3 Å². The number of aromatic nitrogens is 2. The lowest BCUT2D eigenvalue weighted by Crippen LogP contribution is -2.26. The molecule has 0 atom stereocenters. The number of carbonyl (C=O) groups excluding carboxylic acids is 1. The van der Waals surface area contributed by atoms with Crippen molar-refractivity contribution in [2.75, 3.05) is 0 Å². The van der Waals surface area contributed by atoms with Crippen molar-refractivity contribution in [1.29, 1.82) is 0 Å². The number of amides is 1. The molecule has 2 N–H and O–H groups in total. The molecule has 0 aliphatic heterocycles. The Bertz CT molecular complexity index is 930. The van der Waals surface area contributed by atoms with Gasteiger partial charge in [-0.05, 0) is 47.2 Å². The average molecular weight is 321 g/mol. The van der Waals surface area contributed by atoms with E-state index < -0.39 is 0 Å². The largest absolute Gasteiger partial charge is 0.348 e. The van der Waals surface area contributed by atoms with E-state index in [1.165, 1.54) is 11.8 Å². The van der Waals surface area contributed by atoms with E-state index in [-0.39, 0.29) is 18.0 Å². The lowest BCUT2D eigenvalue weighted by atomic mass is 10.0. The van der Waals surface area contributed by atoms with Crippen LogP contribution in [0.1, 0.15) is 41.3 Å². The van der Waals surface area contributed by atoms with Gasteiger partial charge in [0.15, 0.2) is 0 Å². The van der Waals surface area contributed by atoms with Crippen molar-refractivity contribution in [3.8, 4) is 0 Å². The van der Waals surface area contributed by atoms with Gasteiger partial charge in [0.25, 0.3) is 11.5 Å². The number of nitrogens with zero attached hydrogens (tertiary/aromatic N) is 1. The predicted octanol–water partition coefficient (Wildman–Crippen LogP) is 2.98. The van der Waals surface area contributed by atoms with Gasteiger partial charge in [-0.3, -0.25) is 14.6 Å². The van der Waals surface area contributed by atoms with Crippen LogP contribution in [0.15, 0.2) is 53.6 Å².